The molecule has 0 spiro atoms. The smallest absolute Gasteiger partial charge is 0.246 e. The summed E-state index contributed by atoms with van der Waals surface area (Å²) in [5.74, 6) is -1.71. The van der Waals surface area contributed by atoms with Gasteiger partial charge in [-0.3, -0.25) is 4.79 Å². The van der Waals surface area contributed by atoms with Gasteiger partial charge in [0.2, 0.25) is 5.91 Å². The lowest BCUT2D eigenvalue weighted by molar-refractivity contribution is -0.128. The van der Waals surface area contributed by atoms with Crippen LogP contribution in [0.1, 0.15) is 30.2 Å². The number of nitrogens with one attached hydrogen (secondary N) is 1. The van der Waals surface area contributed by atoms with Crippen LogP contribution in [0.2, 0.25) is 0 Å². The predicted molar refractivity (Wildman–Crippen MR) is 89.1 cm³/mol. The lowest BCUT2D eigenvalue weighted by atomic mass is 9.93. The van der Waals surface area contributed by atoms with Gasteiger partial charge in [-0.1, -0.05) is 6.07 Å². The summed E-state index contributed by atoms with van der Waals surface area (Å²) in [4.78, 5) is 11.6. The van der Waals surface area contributed by atoms with Gasteiger partial charge in [0, 0.05) is 6.54 Å². The molecule has 1 aromatic carbocycles. The lowest BCUT2D eigenvalue weighted by Gasteiger charge is -2.24. The molecule has 0 radical (unpaired) electrons. The maximum absolute atomic E-state index is 14.0. The molecule has 1 unspecified atom stereocenters. The third-order valence-corrected chi connectivity index (χ3v) is 4.19. The Balaban J connectivity index is 1.78. The first kappa shape index (κ1) is 18.3. The standard InChI is InChI=1S/C18H19F2N3O3/c19-12-4-2-5-13(20)17(12)14-9-11-3-1-6-15(18(11)23-22-14)26-10-16(25)21-7-8-24/h2,4-5,9,15,24H,1,3,6-8,10H2,(H,21,25). The van der Waals surface area contributed by atoms with Crippen LogP contribution in [0, 0.1) is 11.6 Å². The third-order valence-electron chi connectivity index (χ3n) is 4.19. The van der Waals surface area contributed by atoms with Gasteiger partial charge in [-0.2, -0.15) is 5.10 Å². The van der Waals surface area contributed by atoms with Crippen molar-refractivity contribution >= 4 is 5.91 Å². The quantitative estimate of drug-likeness (QED) is 0.819. The van der Waals surface area contributed by atoms with Gasteiger partial charge in [-0.25, -0.2) is 8.78 Å². The van der Waals surface area contributed by atoms with Crippen LogP contribution in [0.15, 0.2) is 24.3 Å². The minimum Gasteiger partial charge on any atom is -0.395 e. The molecule has 0 aliphatic heterocycles. The van der Waals surface area contributed by atoms with Crippen molar-refractivity contribution in [3.8, 4) is 11.3 Å². The molecule has 8 heteroatoms. The molecule has 6 nitrogen and oxygen atoms in total. The highest BCUT2D eigenvalue weighted by molar-refractivity contribution is 5.77. The number of aromatic nitrogens is 2. The fourth-order valence-electron chi connectivity index (χ4n) is 2.98. The molecular weight excluding hydrogens is 344 g/mol. The number of carbonyl (C=O) groups is 1. The maximum Gasteiger partial charge on any atom is 0.246 e. The highest BCUT2D eigenvalue weighted by atomic mass is 19.1. The van der Waals surface area contributed by atoms with Crippen molar-refractivity contribution in [3.63, 3.8) is 0 Å². The zero-order chi connectivity index (χ0) is 18.5. The summed E-state index contributed by atoms with van der Waals surface area (Å²) < 4.78 is 33.5. The summed E-state index contributed by atoms with van der Waals surface area (Å²) in [6.07, 6.45) is 1.79. The van der Waals surface area contributed by atoms with E-state index in [1.54, 1.807) is 6.07 Å². The number of hydrogen-bond donors (Lipinski definition) is 2. The zero-order valence-electron chi connectivity index (χ0n) is 14.0. The molecule has 0 saturated carbocycles. The van der Waals surface area contributed by atoms with Crippen LogP contribution in [-0.4, -0.2) is 41.0 Å². The van der Waals surface area contributed by atoms with E-state index in [2.05, 4.69) is 15.5 Å². The molecule has 26 heavy (non-hydrogen) atoms. The van der Waals surface area contributed by atoms with E-state index in [0.29, 0.717) is 18.5 Å². The Hall–Kier alpha value is -2.45. The number of amides is 1. The largest absolute Gasteiger partial charge is 0.395 e. The Bertz CT molecular complexity index is 781. The van der Waals surface area contributed by atoms with Crippen LogP contribution in [0.4, 0.5) is 8.78 Å². The number of aliphatic hydroxyl groups is 1. The molecule has 1 aliphatic carbocycles. The molecule has 1 amide bonds. The monoisotopic (exact) mass is 363 g/mol. The van der Waals surface area contributed by atoms with Crippen LogP contribution < -0.4 is 5.32 Å². The molecule has 1 atom stereocenters. The Kier molecular flexibility index (Phi) is 5.85. The molecule has 138 valence electrons. The van der Waals surface area contributed by atoms with Gasteiger partial charge in [0.1, 0.15) is 24.3 Å². The molecule has 2 aromatic rings. The summed E-state index contributed by atoms with van der Waals surface area (Å²) in [7, 11) is 0. The first-order chi connectivity index (χ1) is 12.6. The van der Waals surface area contributed by atoms with Crippen molar-refractivity contribution in [3.05, 3.63) is 47.2 Å². The van der Waals surface area contributed by atoms with Crippen molar-refractivity contribution in [2.45, 2.75) is 25.4 Å². The number of aliphatic hydroxyl groups excluding tert-OH is 1. The second-order valence-electron chi connectivity index (χ2n) is 6.00. The van der Waals surface area contributed by atoms with E-state index in [1.807, 2.05) is 0 Å². The Morgan fingerprint density at radius 1 is 1.31 bits per heavy atom. The van der Waals surface area contributed by atoms with Gasteiger partial charge in [0.15, 0.2) is 0 Å². The minimum atomic E-state index is -0.691. The Morgan fingerprint density at radius 2 is 2.08 bits per heavy atom. The number of aryl methyl sites for hydroxylation is 1. The van der Waals surface area contributed by atoms with Crippen molar-refractivity contribution in [2.24, 2.45) is 0 Å². The summed E-state index contributed by atoms with van der Waals surface area (Å²) in [5, 5.41) is 19.3. The summed E-state index contributed by atoms with van der Waals surface area (Å²) >= 11 is 0. The van der Waals surface area contributed by atoms with Crippen LogP contribution in [0.25, 0.3) is 11.3 Å². The zero-order valence-corrected chi connectivity index (χ0v) is 14.0. The highest BCUT2D eigenvalue weighted by Crippen LogP contribution is 2.33. The molecule has 0 saturated heterocycles. The van der Waals surface area contributed by atoms with E-state index in [1.165, 1.54) is 18.2 Å². The van der Waals surface area contributed by atoms with E-state index >= 15 is 0 Å². The third kappa shape index (κ3) is 4.03. The van der Waals surface area contributed by atoms with Crippen LogP contribution in [-0.2, 0) is 16.0 Å². The molecule has 0 fully saturated rings. The molecule has 1 aromatic heterocycles. The van der Waals surface area contributed by atoms with Crippen LogP contribution in [0.3, 0.4) is 0 Å². The number of ether oxygens (including phenoxy) is 1. The second-order valence-corrected chi connectivity index (χ2v) is 6.00. The number of benzene rings is 1. The highest BCUT2D eigenvalue weighted by Gasteiger charge is 2.25. The first-order valence-electron chi connectivity index (χ1n) is 8.40. The SMILES string of the molecule is O=C(COC1CCCc2cc(-c3c(F)cccc3F)nnc21)NCCO. The minimum absolute atomic E-state index is 0.140. The van der Waals surface area contributed by atoms with Gasteiger partial charge in [-0.05, 0) is 43.0 Å². The van der Waals surface area contributed by atoms with Crippen molar-refractivity contribution in [1.29, 1.82) is 0 Å². The van der Waals surface area contributed by atoms with E-state index in [9.17, 15) is 13.6 Å². The molecule has 1 aliphatic rings. The number of carbonyl (C=O) groups excluding carboxylic acids is 1. The van der Waals surface area contributed by atoms with Crippen molar-refractivity contribution in [1.82, 2.24) is 15.5 Å². The normalized spacial score (nSPS) is 16.2. The summed E-state index contributed by atoms with van der Waals surface area (Å²) in [5.41, 5.74) is 1.34. The van der Waals surface area contributed by atoms with Gasteiger partial charge in [0.05, 0.1) is 23.6 Å². The first-order valence-corrected chi connectivity index (χ1v) is 8.40. The van der Waals surface area contributed by atoms with Crippen molar-refractivity contribution in [2.75, 3.05) is 19.8 Å². The number of hydrogen-bond acceptors (Lipinski definition) is 5. The average Bonchev–Trinajstić information content (AvgIpc) is 2.64. The molecule has 2 N–H and O–H groups in total. The number of rotatable bonds is 6. The van der Waals surface area contributed by atoms with Gasteiger partial charge in [-0.15, -0.1) is 5.10 Å². The molecule has 0 bridgehead atoms. The van der Waals surface area contributed by atoms with E-state index < -0.39 is 17.7 Å². The average molecular weight is 363 g/mol. The Labute approximate surface area is 149 Å². The number of fused-ring (bicyclic) bond motifs is 1. The van der Waals surface area contributed by atoms with Crippen LogP contribution in [0.5, 0.6) is 0 Å². The summed E-state index contributed by atoms with van der Waals surface area (Å²) in [6.45, 7) is -0.130. The van der Waals surface area contributed by atoms with Crippen LogP contribution >= 0.6 is 0 Å². The van der Waals surface area contributed by atoms with E-state index in [-0.39, 0.29) is 36.9 Å². The van der Waals surface area contributed by atoms with E-state index in [0.717, 1.165) is 12.0 Å². The van der Waals surface area contributed by atoms with E-state index in [4.69, 9.17) is 9.84 Å². The number of nitrogens with zero attached hydrogens (tertiary/aromatic N) is 2. The van der Waals surface area contributed by atoms with Gasteiger partial charge < -0.3 is 15.2 Å². The van der Waals surface area contributed by atoms with Crippen molar-refractivity contribution < 1.29 is 23.4 Å². The van der Waals surface area contributed by atoms with Gasteiger partial charge in [0.25, 0.3) is 0 Å². The topological polar surface area (TPSA) is 84.3 Å². The molecular formula is C18H19F2N3O3. The second kappa shape index (κ2) is 8.29. The lowest BCUT2D eigenvalue weighted by Crippen LogP contribution is -2.31. The molecule has 3 rings (SSSR count). The summed E-state index contributed by atoms with van der Waals surface area (Å²) in [6, 6.07) is 5.28. The number of halogens is 2. The fourth-order valence-corrected chi connectivity index (χ4v) is 2.98. The van der Waals surface area contributed by atoms with Gasteiger partial charge >= 0.3 is 0 Å². The fraction of sp³-hybridized carbons (Fsp3) is 0.389. The predicted octanol–water partition coefficient (Wildman–Crippen LogP) is 1.92. The Morgan fingerprint density at radius 3 is 2.81 bits per heavy atom. The maximum atomic E-state index is 14.0. The molecule has 1 heterocycles.